The number of anilines is 1. The Balaban J connectivity index is 1.54. The second kappa shape index (κ2) is 10.8. The quantitative estimate of drug-likeness (QED) is 0.239. The van der Waals surface area contributed by atoms with Gasteiger partial charge in [0.1, 0.15) is 28.6 Å². The molecule has 0 radical (unpaired) electrons. The number of carbonyl (C=O) groups excluding carboxylic acids is 1. The Morgan fingerprint density at radius 3 is 2.55 bits per heavy atom. The number of ketones is 1. The third-order valence-corrected chi connectivity index (χ3v) is 6.31. The minimum Gasteiger partial charge on any atom is -0.493 e. The lowest BCUT2D eigenvalue weighted by atomic mass is 10.1. The van der Waals surface area contributed by atoms with Gasteiger partial charge in [-0.25, -0.2) is 9.97 Å². The summed E-state index contributed by atoms with van der Waals surface area (Å²) in [6.45, 7) is 4.83. The van der Waals surface area contributed by atoms with Gasteiger partial charge in [0.05, 0.1) is 26.3 Å². The highest BCUT2D eigenvalue weighted by atomic mass is 16.5. The number of nitrogens with one attached hydrogen (secondary N) is 1. The summed E-state index contributed by atoms with van der Waals surface area (Å²) in [6.07, 6.45) is 5.44. The van der Waals surface area contributed by atoms with Crippen LogP contribution < -0.4 is 19.5 Å². The molecule has 0 spiro atoms. The van der Waals surface area contributed by atoms with Gasteiger partial charge in [0.25, 0.3) is 0 Å². The maximum Gasteiger partial charge on any atom is 0.195 e. The Morgan fingerprint density at radius 2 is 1.79 bits per heavy atom. The number of pyridine rings is 2. The number of hydrogen-bond donors (Lipinski definition) is 1. The largest absolute Gasteiger partial charge is 0.493 e. The van der Waals surface area contributed by atoms with Crippen molar-refractivity contribution in [1.82, 2.24) is 18.8 Å². The third-order valence-electron chi connectivity index (χ3n) is 6.31. The van der Waals surface area contributed by atoms with E-state index >= 15 is 0 Å². The van der Waals surface area contributed by atoms with Gasteiger partial charge in [-0.05, 0) is 48.7 Å². The standard InChI is InChI=1S/C29H31N5O4/c1-5-16-38-21-12-15-33-22(18-21)26(32-28(33)19(2)35)27-29(34-14-7-6-8-25(34)31-27)30-13-11-20-9-10-23(36-3)24(17-20)37-4/h6-10,12,14-15,17-18,30H,5,11,13,16H2,1-4H3. The molecule has 196 valence electrons. The van der Waals surface area contributed by atoms with E-state index in [-0.39, 0.29) is 5.78 Å². The number of Topliss-reactive ketones (excluding diaryl/α,β-unsaturated/α-hetero) is 1. The van der Waals surface area contributed by atoms with Crippen LogP contribution in [0, 0.1) is 0 Å². The van der Waals surface area contributed by atoms with Crippen LogP contribution in [0.5, 0.6) is 17.2 Å². The number of benzene rings is 1. The first-order chi connectivity index (χ1) is 18.5. The molecule has 0 unspecified atom stereocenters. The smallest absolute Gasteiger partial charge is 0.195 e. The summed E-state index contributed by atoms with van der Waals surface area (Å²) in [6, 6.07) is 15.5. The summed E-state index contributed by atoms with van der Waals surface area (Å²) in [5.41, 5.74) is 3.93. The van der Waals surface area contributed by atoms with Gasteiger partial charge in [-0.3, -0.25) is 13.6 Å². The average Bonchev–Trinajstić information content (AvgIpc) is 3.50. The number of imidazole rings is 2. The maximum absolute atomic E-state index is 12.5. The Kier molecular flexibility index (Phi) is 7.17. The van der Waals surface area contributed by atoms with Crippen molar-refractivity contribution in [2.75, 3.05) is 32.7 Å². The number of fused-ring (bicyclic) bond motifs is 2. The van der Waals surface area contributed by atoms with Gasteiger partial charge < -0.3 is 19.5 Å². The first kappa shape index (κ1) is 25.1. The van der Waals surface area contributed by atoms with Crippen LogP contribution in [0.25, 0.3) is 22.6 Å². The van der Waals surface area contributed by atoms with Crippen molar-refractivity contribution in [3.8, 4) is 28.6 Å². The van der Waals surface area contributed by atoms with Crippen LogP contribution in [0.2, 0.25) is 0 Å². The first-order valence-electron chi connectivity index (χ1n) is 12.6. The van der Waals surface area contributed by atoms with Crippen LogP contribution in [0.3, 0.4) is 0 Å². The molecule has 0 aliphatic heterocycles. The molecule has 1 N–H and O–H groups in total. The zero-order valence-corrected chi connectivity index (χ0v) is 22.0. The van der Waals surface area contributed by atoms with Gasteiger partial charge >= 0.3 is 0 Å². The number of aromatic nitrogens is 4. The van der Waals surface area contributed by atoms with E-state index in [1.54, 1.807) is 18.6 Å². The van der Waals surface area contributed by atoms with Crippen molar-refractivity contribution in [2.24, 2.45) is 0 Å². The molecule has 0 saturated carbocycles. The zero-order valence-electron chi connectivity index (χ0n) is 22.0. The molecule has 5 aromatic rings. The molecule has 0 atom stereocenters. The molecule has 4 aromatic heterocycles. The molecule has 4 heterocycles. The molecule has 0 aliphatic rings. The molecule has 0 bridgehead atoms. The average molecular weight is 514 g/mol. The fourth-order valence-corrected chi connectivity index (χ4v) is 4.49. The molecule has 9 heteroatoms. The highest BCUT2D eigenvalue weighted by molar-refractivity contribution is 5.95. The minimum absolute atomic E-state index is 0.125. The van der Waals surface area contributed by atoms with Crippen molar-refractivity contribution in [3.63, 3.8) is 0 Å². The van der Waals surface area contributed by atoms with E-state index in [1.807, 2.05) is 65.3 Å². The number of carbonyl (C=O) groups is 1. The van der Waals surface area contributed by atoms with E-state index in [2.05, 4.69) is 12.2 Å². The summed E-state index contributed by atoms with van der Waals surface area (Å²) >= 11 is 0. The second-order valence-electron chi connectivity index (χ2n) is 8.91. The fourth-order valence-electron chi connectivity index (χ4n) is 4.49. The number of ether oxygens (including phenoxy) is 3. The van der Waals surface area contributed by atoms with Crippen LogP contribution in [0.4, 0.5) is 5.82 Å². The Labute approximate surface area is 221 Å². The summed E-state index contributed by atoms with van der Waals surface area (Å²) in [5, 5.41) is 3.56. The van der Waals surface area contributed by atoms with E-state index in [4.69, 9.17) is 24.2 Å². The highest BCUT2D eigenvalue weighted by Crippen LogP contribution is 2.34. The molecule has 5 rings (SSSR count). The zero-order chi connectivity index (χ0) is 26.6. The van der Waals surface area contributed by atoms with Crippen molar-refractivity contribution in [1.29, 1.82) is 0 Å². The van der Waals surface area contributed by atoms with Crippen LogP contribution >= 0.6 is 0 Å². The van der Waals surface area contributed by atoms with Gasteiger partial charge in [-0.2, -0.15) is 0 Å². The lowest BCUT2D eigenvalue weighted by molar-refractivity contribution is 0.100. The molecule has 9 nitrogen and oxygen atoms in total. The SMILES string of the molecule is CCCOc1ccn2c(C(C)=O)nc(-c3nc4ccccn4c3NCCc3ccc(OC)c(OC)c3)c2c1. The van der Waals surface area contributed by atoms with E-state index in [0.717, 1.165) is 41.1 Å². The van der Waals surface area contributed by atoms with E-state index < -0.39 is 0 Å². The number of nitrogens with zero attached hydrogens (tertiary/aromatic N) is 4. The lowest BCUT2D eigenvalue weighted by Crippen LogP contribution is -2.08. The lowest BCUT2D eigenvalue weighted by Gasteiger charge is -2.11. The minimum atomic E-state index is -0.125. The van der Waals surface area contributed by atoms with Crippen molar-refractivity contribution in [2.45, 2.75) is 26.7 Å². The summed E-state index contributed by atoms with van der Waals surface area (Å²) in [5.74, 6) is 3.15. The normalized spacial score (nSPS) is 11.2. The third kappa shape index (κ3) is 4.74. The van der Waals surface area contributed by atoms with E-state index in [9.17, 15) is 4.79 Å². The van der Waals surface area contributed by atoms with Gasteiger partial charge in [0.15, 0.2) is 23.1 Å². The predicted molar refractivity (Wildman–Crippen MR) is 147 cm³/mol. The summed E-state index contributed by atoms with van der Waals surface area (Å²) in [7, 11) is 3.26. The van der Waals surface area contributed by atoms with Gasteiger partial charge in [0.2, 0.25) is 0 Å². The Morgan fingerprint density at radius 1 is 0.947 bits per heavy atom. The molecule has 0 saturated heterocycles. The first-order valence-corrected chi connectivity index (χ1v) is 12.6. The molecular weight excluding hydrogens is 482 g/mol. The van der Waals surface area contributed by atoms with Gasteiger partial charge in [-0.15, -0.1) is 0 Å². The predicted octanol–water partition coefficient (Wildman–Crippen LogP) is 5.31. The van der Waals surface area contributed by atoms with Crippen molar-refractivity contribution < 1.29 is 19.0 Å². The van der Waals surface area contributed by atoms with Crippen LogP contribution in [-0.2, 0) is 6.42 Å². The number of hydrogen-bond acceptors (Lipinski definition) is 7. The fraction of sp³-hybridized carbons (Fsp3) is 0.276. The maximum atomic E-state index is 12.5. The monoisotopic (exact) mass is 513 g/mol. The second-order valence-corrected chi connectivity index (χ2v) is 8.91. The van der Waals surface area contributed by atoms with Crippen molar-refractivity contribution in [3.05, 3.63) is 72.3 Å². The summed E-state index contributed by atoms with van der Waals surface area (Å²) < 4.78 is 20.5. The van der Waals surface area contributed by atoms with Gasteiger partial charge in [0, 0.05) is 31.9 Å². The summed E-state index contributed by atoms with van der Waals surface area (Å²) in [4.78, 5) is 22.1. The highest BCUT2D eigenvalue weighted by Gasteiger charge is 2.22. The van der Waals surface area contributed by atoms with Crippen LogP contribution in [0.1, 0.15) is 36.5 Å². The van der Waals surface area contributed by atoms with E-state index in [1.165, 1.54) is 6.92 Å². The molecule has 38 heavy (non-hydrogen) atoms. The van der Waals surface area contributed by atoms with Crippen LogP contribution in [0.15, 0.2) is 60.9 Å². The Hall–Kier alpha value is -4.53. The topological polar surface area (TPSA) is 91.4 Å². The number of rotatable bonds is 11. The van der Waals surface area contributed by atoms with E-state index in [0.29, 0.717) is 41.9 Å². The molecule has 1 aromatic carbocycles. The van der Waals surface area contributed by atoms with Crippen LogP contribution in [-0.4, -0.2) is 51.9 Å². The van der Waals surface area contributed by atoms with Gasteiger partial charge in [-0.1, -0.05) is 19.1 Å². The molecule has 0 fully saturated rings. The molecule has 0 amide bonds. The molecule has 0 aliphatic carbocycles. The Bertz CT molecular complexity index is 1600. The van der Waals surface area contributed by atoms with Crippen molar-refractivity contribution >= 4 is 22.8 Å². The number of methoxy groups -OCH3 is 2. The molecular formula is C29H31N5O4.